The van der Waals surface area contributed by atoms with Crippen molar-refractivity contribution in [3.63, 3.8) is 0 Å². The summed E-state index contributed by atoms with van der Waals surface area (Å²) in [5.41, 5.74) is 2.39. The molecule has 0 aliphatic carbocycles. The van der Waals surface area contributed by atoms with E-state index in [0.29, 0.717) is 18.4 Å². The van der Waals surface area contributed by atoms with Gasteiger partial charge in [-0.25, -0.2) is 0 Å². The Balaban J connectivity index is 1.35. The highest BCUT2D eigenvalue weighted by Gasteiger charge is 2.25. The molecule has 2 fully saturated rings. The van der Waals surface area contributed by atoms with Crippen molar-refractivity contribution in [2.24, 2.45) is 0 Å². The van der Waals surface area contributed by atoms with Crippen LogP contribution in [0.4, 0.5) is 0 Å². The molecule has 1 aromatic heterocycles. The van der Waals surface area contributed by atoms with Crippen molar-refractivity contribution in [3.05, 3.63) is 36.0 Å². The predicted octanol–water partition coefficient (Wildman–Crippen LogP) is 3.59. The number of nitrogens with one attached hydrogen (secondary N) is 1. The fraction of sp³-hybridized carbons (Fsp3) is 0.609. The fourth-order valence-electron chi connectivity index (χ4n) is 4.70. The van der Waals surface area contributed by atoms with Crippen LogP contribution in [0.25, 0.3) is 10.9 Å². The van der Waals surface area contributed by atoms with Crippen LogP contribution in [0.3, 0.4) is 0 Å². The molecule has 2 aromatic rings. The number of carbonyl (C=O) groups is 1. The number of rotatable bonds is 8. The average Bonchev–Trinajstić information content (AvgIpc) is 3.40. The zero-order valence-electron chi connectivity index (χ0n) is 16.9. The van der Waals surface area contributed by atoms with E-state index in [9.17, 15) is 4.79 Å². The number of aryl methyl sites for hydroxylation is 1. The number of hydrogen-bond acceptors (Lipinski definition) is 3. The lowest BCUT2D eigenvalue weighted by Gasteiger charge is -2.35. The Morgan fingerprint density at radius 3 is 2.79 bits per heavy atom. The van der Waals surface area contributed by atoms with E-state index in [1.165, 1.54) is 36.9 Å². The van der Waals surface area contributed by atoms with Crippen LogP contribution < -0.4 is 0 Å². The van der Waals surface area contributed by atoms with E-state index < -0.39 is 0 Å². The molecule has 4 rings (SSSR count). The molecule has 2 aliphatic rings. The molecule has 5 nitrogen and oxygen atoms in total. The lowest BCUT2D eigenvalue weighted by Crippen LogP contribution is -2.44. The molecule has 0 radical (unpaired) electrons. The molecule has 3 heterocycles. The van der Waals surface area contributed by atoms with Gasteiger partial charge in [0.15, 0.2) is 0 Å². The predicted molar refractivity (Wildman–Crippen MR) is 112 cm³/mol. The van der Waals surface area contributed by atoms with Crippen LogP contribution in [0.15, 0.2) is 30.5 Å². The number of aromatic amines is 1. The number of hydrogen-bond donors (Lipinski definition) is 1. The van der Waals surface area contributed by atoms with E-state index in [1.54, 1.807) is 0 Å². The molecule has 2 saturated heterocycles. The minimum atomic E-state index is 0.304. The number of nitrogens with zero attached hydrogens (tertiary/aromatic N) is 2. The summed E-state index contributed by atoms with van der Waals surface area (Å²) in [6.45, 7) is 6.02. The number of aromatic nitrogens is 1. The SMILES string of the molecule is O=C(CCc1c[nH]c2ccccc12)N(CCCN1CCCC1)C1CCOCC1. The van der Waals surface area contributed by atoms with Crippen LogP contribution in [0, 0.1) is 0 Å². The maximum atomic E-state index is 13.2. The summed E-state index contributed by atoms with van der Waals surface area (Å²) >= 11 is 0. The highest BCUT2D eigenvalue weighted by molar-refractivity contribution is 5.84. The molecule has 0 spiro atoms. The zero-order chi connectivity index (χ0) is 19.2. The standard InChI is InChI=1S/C23H33N3O2/c27-23(9-8-19-18-24-22-7-2-1-6-21(19)22)26(20-10-16-28-17-11-20)15-5-14-25-12-3-4-13-25/h1-2,6-7,18,20,24H,3-5,8-17H2. The summed E-state index contributed by atoms with van der Waals surface area (Å²) < 4.78 is 5.53. The van der Waals surface area contributed by atoms with Gasteiger partial charge in [-0.3, -0.25) is 4.79 Å². The van der Waals surface area contributed by atoms with E-state index in [0.717, 1.165) is 57.5 Å². The molecule has 2 aliphatic heterocycles. The van der Waals surface area contributed by atoms with Crippen molar-refractivity contribution in [3.8, 4) is 0 Å². The maximum absolute atomic E-state index is 13.2. The van der Waals surface area contributed by atoms with Gasteiger partial charge in [-0.05, 0) is 69.8 Å². The Morgan fingerprint density at radius 1 is 1.18 bits per heavy atom. The normalized spacial score (nSPS) is 18.7. The molecule has 1 aromatic carbocycles. The van der Waals surface area contributed by atoms with Gasteiger partial charge in [-0.1, -0.05) is 18.2 Å². The Morgan fingerprint density at radius 2 is 1.96 bits per heavy atom. The Hall–Kier alpha value is -1.85. The van der Waals surface area contributed by atoms with Crippen molar-refractivity contribution in [1.29, 1.82) is 0 Å². The lowest BCUT2D eigenvalue weighted by molar-refractivity contribution is -0.135. The molecular weight excluding hydrogens is 350 g/mol. The minimum absolute atomic E-state index is 0.304. The summed E-state index contributed by atoms with van der Waals surface area (Å²) in [4.78, 5) is 21.2. The smallest absolute Gasteiger partial charge is 0.223 e. The molecule has 28 heavy (non-hydrogen) atoms. The molecule has 0 saturated carbocycles. The number of benzene rings is 1. The first-order valence-electron chi connectivity index (χ1n) is 11.0. The van der Waals surface area contributed by atoms with Crippen molar-refractivity contribution in [2.45, 2.75) is 51.0 Å². The van der Waals surface area contributed by atoms with Gasteiger partial charge < -0.3 is 19.5 Å². The molecule has 152 valence electrons. The Kier molecular flexibility index (Phi) is 6.65. The van der Waals surface area contributed by atoms with E-state index in [1.807, 2.05) is 6.07 Å². The van der Waals surface area contributed by atoms with Crippen LogP contribution in [0.2, 0.25) is 0 Å². The minimum Gasteiger partial charge on any atom is -0.381 e. The van der Waals surface area contributed by atoms with Gasteiger partial charge in [0.2, 0.25) is 5.91 Å². The van der Waals surface area contributed by atoms with Gasteiger partial charge in [-0.15, -0.1) is 0 Å². The van der Waals surface area contributed by atoms with Crippen molar-refractivity contribution < 1.29 is 9.53 Å². The van der Waals surface area contributed by atoms with Crippen LogP contribution >= 0.6 is 0 Å². The number of likely N-dealkylation sites (tertiary alicyclic amines) is 1. The van der Waals surface area contributed by atoms with Crippen molar-refractivity contribution in [1.82, 2.24) is 14.8 Å². The average molecular weight is 384 g/mol. The molecule has 5 heteroatoms. The number of H-pyrrole nitrogens is 1. The Bertz CT molecular complexity index is 760. The Labute approximate surface area is 168 Å². The molecule has 1 amide bonds. The third-order valence-corrected chi connectivity index (χ3v) is 6.31. The highest BCUT2D eigenvalue weighted by atomic mass is 16.5. The van der Waals surface area contributed by atoms with Crippen LogP contribution in [0.5, 0.6) is 0 Å². The molecule has 0 unspecified atom stereocenters. The second kappa shape index (κ2) is 9.57. The third kappa shape index (κ3) is 4.76. The van der Waals surface area contributed by atoms with Crippen molar-refractivity contribution in [2.75, 3.05) is 39.4 Å². The molecular formula is C23H33N3O2. The molecule has 1 N–H and O–H groups in total. The molecule has 0 bridgehead atoms. The summed E-state index contributed by atoms with van der Waals surface area (Å²) in [6, 6.07) is 8.68. The molecule has 0 atom stereocenters. The summed E-state index contributed by atoms with van der Waals surface area (Å²) in [5.74, 6) is 0.304. The number of fused-ring (bicyclic) bond motifs is 1. The van der Waals surface area contributed by atoms with Crippen LogP contribution in [-0.4, -0.2) is 66.1 Å². The summed E-state index contributed by atoms with van der Waals surface area (Å²) in [6.07, 6.45) is 9.13. The van der Waals surface area contributed by atoms with Gasteiger partial charge in [0.05, 0.1) is 0 Å². The van der Waals surface area contributed by atoms with Gasteiger partial charge in [0.25, 0.3) is 0 Å². The van der Waals surface area contributed by atoms with Gasteiger partial charge in [-0.2, -0.15) is 0 Å². The lowest BCUT2D eigenvalue weighted by atomic mass is 10.0. The first-order chi connectivity index (χ1) is 13.8. The van der Waals surface area contributed by atoms with E-state index in [2.05, 4.69) is 39.2 Å². The number of carbonyl (C=O) groups excluding carboxylic acids is 1. The van der Waals surface area contributed by atoms with E-state index >= 15 is 0 Å². The third-order valence-electron chi connectivity index (χ3n) is 6.31. The zero-order valence-corrected chi connectivity index (χ0v) is 16.9. The highest BCUT2D eigenvalue weighted by Crippen LogP contribution is 2.21. The van der Waals surface area contributed by atoms with E-state index in [-0.39, 0.29) is 0 Å². The maximum Gasteiger partial charge on any atom is 0.223 e. The van der Waals surface area contributed by atoms with E-state index in [4.69, 9.17) is 4.74 Å². The van der Waals surface area contributed by atoms with Gasteiger partial charge in [0, 0.05) is 49.3 Å². The quantitative estimate of drug-likeness (QED) is 0.758. The summed E-state index contributed by atoms with van der Waals surface area (Å²) in [7, 11) is 0. The largest absolute Gasteiger partial charge is 0.381 e. The van der Waals surface area contributed by atoms with Crippen LogP contribution in [-0.2, 0) is 16.0 Å². The number of ether oxygens (including phenoxy) is 1. The second-order valence-electron chi connectivity index (χ2n) is 8.19. The second-order valence-corrected chi connectivity index (χ2v) is 8.19. The number of para-hydroxylation sites is 1. The topological polar surface area (TPSA) is 48.6 Å². The first-order valence-corrected chi connectivity index (χ1v) is 11.0. The van der Waals surface area contributed by atoms with Crippen LogP contribution in [0.1, 0.15) is 44.1 Å². The van der Waals surface area contributed by atoms with Gasteiger partial charge >= 0.3 is 0 Å². The fourth-order valence-corrected chi connectivity index (χ4v) is 4.70. The van der Waals surface area contributed by atoms with Gasteiger partial charge in [0.1, 0.15) is 0 Å². The number of amides is 1. The summed E-state index contributed by atoms with van der Waals surface area (Å²) in [5, 5.41) is 1.24. The monoisotopic (exact) mass is 383 g/mol. The first kappa shape index (κ1) is 19.5. The van der Waals surface area contributed by atoms with Crippen molar-refractivity contribution >= 4 is 16.8 Å².